The molecule has 0 fully saturated rings. The second kappa shape index (κ2) is 22.2. The first-order valence-corrected chi connectivity index (χ1v) is 22.4. The van der Waals surface area contributed by atoms with Crippen molar-refractivity contribution in [2.45, 2.75) is 129 Å². The number of para-hydroxylation sites is 1. The summed E-state index contributed by atoms with van der Waals surface area (Å²) in [6.45, 7) is 17.8. The number of fused-ring (bicyclic) bond motifs is 4. The van der Waals surface area contributed by atoms with E-state index in [2.05, 4.69) is 26.3 Å². The van der Waals surface area contributed by atoms with E-state index in [0.717, 1.165) is 34.4 Å². The Morgan fingerprint density at radius 3 is 1.98 bits per heavy atom. The first-order chi connectivity index (χ1) is 30.7. The van der Waals surface area contributed by atoms with E-state index in [1.54, 1.807) is 56.7 Å². The van der Waals surface area contributed by atoms with Gasteiger partial charge in [-0.15, -0.1) is 5.10 Å². The normalized spacial score (nSPS) is 13.8. The molecule has 354 valence electrons. The van der Waals surface area contributed by atoms with Crippen molar-refractivity contribution in [3.8, 4) is 11.1 Å². The molecular weight excluding hydrogens is 833 g/mol. The zero-order valence-corrected chi connectivity index (χ0v) is 39.8. The van der Waals surface area contributed by atoms with E-state index in [-0.39, 0.29) is 48.4 Å². The molecule has 1 atom stereocenters. The quantitative estimate of drug-likeness (QED) is 0.0434. The zero-order valence-electron chi connectivity index (χ0n) is 39.8. The lowest BCUT2D eigenvalue weighted by molar-refractivity contribution is -0.121. The molecule has 1 aliphatic rings. The van der Waals surface area contributed by atoms with Gasteiger partial charge in [0, 0.05) is 57.3 Å². The predicted molar refractivity (Wildman–Crippen MR) is 248 cm³/mol. The van der Waals surface area contributed by atoms with Crippen LogP contribution in [0.2, 0.25) is 0 Å². The molecule has 0 radical (unpaired) electrons. The van der Waals surface area contributed by atoms with Crippen molar-refractivity contribution < 1.29 is 47.7 Å². The Balaban J connectivity index is 1.22. The van der Waals surface area contributed by atoms with Gasteiger partial charge in [0.05, 0.1) is 35.6 Å². The molecule has 0 aliphatic heterocycles. The number of benzene rings is 3. The van der Waals surface area contributed by atoms with Crippen molar-refractivity contribution in [3.63, 3.8) is 0 Å². The maximum absolute atomic E-state index is 13.9. The van der Waals surface area contributed by atoms with Gasteiger partial charge in [-0.3, -0.25) is 19.2 Å². The van der Waals surface area contributed by atoms with Crippen LogP contribution >= 0.6 is 0 Å². The fourth-order valence-electron chi connectivity index (χ4n) is 7.31. The van der Waals surface area contributed by atoms with E-state index in [1.165, 1.54) is 0 Å². The summed E-state index contributed by atoms with van der Waals surface area (Å²) in [5.41, 5.74) is 3.54. The van der Waals surface area contributed by atoms with Crippen LogP contribution in [0.1, 0.15) is 128 Å². The molecule has 3 amide bonds. The highest BCUT2D eigenvalue weighted by Crippen LogP contribution is 2.47. The van der Waals surface area contributed by atoms with E-state index in [4.69, 9.17) is 28.5 Å². The van der Waals surface area contributed by atoms with Crippen LogP contribution in [0.4, 0.5) is 10.5 Å². The topological polar surface area (TPSA) is 190 Å². The molecule has 0 spiro atoms. The fourth-order valence-corrected chi connectivity index (χ4v) is 7.31. The molecule has 65 heavy (non-hydrogen) atoms. The third-order valence-electron chi connectivity index (χ3n) is 11.9. The highest BCUT2D eigenvalue weighted by atomic mass is 16.8. The number of nitrogens with one attached hydrogen (secondary N) is 3. The summed E-state index contributed by atoms with van der Waals surface area (Å²) in [5, 5.41) is 16.9. The zero-order chi connectivity index (χ0) is 47.4. The Morgan fingerprint density at radius 1 is 0.692 bits per heavy atom. The Morgan fingerprint density at radius 2 is 1.32 bits per heavy atom. The third-order valence-corrected chi connectivity index (χ3v) is 11.9. The lowest BCUT2D eigenvalue weighted by atomic mass is 9.96. The van der Waals surface area contributed by atoms with Gasteiger partial charge in [-0.05, 0) is 145 Å². The SMILES string of the molecule is COC(C)(C)CCOC(C)(C)CCNC(=O)CCCC(=O)Nc1ccc2c(c1)C(COC(=O)On1nnc3ccccc31)c1cccc(C(=O)NCCC(C)(C)OCCC(C)(C)OC)c1-2. The average Bonchev–Trinajstić information content (AvgIpc) is 3.80. The molecule has 16 nitrogen and oxygen atoms in total. The number of hydrogen-bond donors (Lipinski definition) is 3. The van der Waals surface area contributed by atoms with Gasteiger partial charge in [0.1, 0.15) is 17.6 Å². The summed E-state index contributed by atoms with van der Waals surface area (Å²) in [5.74, 6) is -1.16. The number of aromatic nitrogens is 3. The monoisotopic (exact) mass is 900 g/mol. The molecule has 16 heteroatoms. The maximum atomic E-state index is 13.9. The van der Waals surface area contributed by atoms with E-state index in [9.17, 15) is 19.2 Å². The van der Waals surface area contributed by atoms with Crippen molar-refractivity contribution in [1.82, 2.24) is 25.8 Å². The number of methoxy groups -OCH3 is 2. The van der Waals surface area contributed by atoms with Gasteiger partial charge >= 0.3 is 6.16 Å². The molecule has 4 aromatic rings. The van der Waals surface area contributed by atoms with Crippen LogP contribution in [0.15, 0.2) is 60.7 Å². The summed E-state index contributed by atoms with van der Waals surface area (Å²) >= 11 is 0. The van der Waals surface area contributed by atoms with Gasteiger partial charge in [0.25, 0.3) is 5.91 Å². The first kappa shape index (κ1) is 50.6. The largest absolute Gasteiger partial charge is 0.535 e. The van der Waals surface area contributed by atoms with Crippen LogP contribution < -0.4 is 20.8 Å². The number of ether oxygens (including phenoxy) is 5. The van der Waals surface area contributed by atoms with Crippen LogP contribution in [0.5, 0.6) is 0 Å². The van der Waals surface area contributed by atoms with E-state index >= 15 is 0 Å². The second-order valence-electron chi connectivity index (χ2n) is 18.9. The fraction of sp³-hybridized carbons (Fsp3) is 0.551. The standard InChI is InChI=1S/C49H68N6O10/c1-46(2,60-9)25-29-63-48(5,6)23-27-50-41(56)19-14-20-42(57)52-33-21-22-35-37(31-33)38(32-62-45(59)65-55-40-18-12-11-17-39(40)53-54-55)34-15-13-16-36(43(34)35)44(58)51-28-24-49(7,8)64-30-26-47(3,4)61-10/h11-13,15-18,21-22,31,38H,14,19-20,23-30,32H2,1-10H3,(H,50,56)(H,51,58)(H,52,57). The third kappa shape index (κ3) is 14.8. The van der Waals surface area contributed by atoms with Crippen molar-refractivity contribution >= 4 is 40.6 Å². The Kier molecular flexibility index (Phi) is 17.3. The molecule has 3 N–H and O–H groups in total. The van der Waals surface area contributed by atoms with Gasteiger partial charge in [0.15, 0.2) is 0 Å². The second-order valence-corrected chi connectivity index (χ2v) is 18.9. The summed E-state index contributed by atoms with van der Waals surface area (Å²) in [4.78, 5) is 59.2. The summed E-state index contributed by atoms with van der Waals surface area (Å²) in [7, 11) is 3.37. The van der Waals surface area contributed by atoms with Gasteiger partial charge in [-0.1, -0.05) is 35.2 Å². The summed E-state index contributed by atoms with van der Waals surface area (Å²) in [6, 6.07) is 18.0. The minimum atomic E-state index is -0.993. The molecule has 0 saturated heterocycles. The number of anilines is 1. The number of rotatable bonds is 25. The van der Waals surface area contributed by atoms with Crippen LogP contribution in [0, 0.1) is 0 Å². The Labute approximate surface area is 382 Å². The van der Waals surface area contributed by atoms with Crippen molar-refractivity contribution in [2.24, 2.45) is 0 Å². The van der Waals surface area contributed by atoms with Gasteiger partial charge in [-0.2, -0.15) is 0 Å². The van der Waals surface area contributed by atoms with Crippen molar-refractivity contribution in [2.75, 3.05) is 52.4 Å². The van der Waals surface area contributed by atoms with Crippen LogP contribution in [-0.4, -0.2) is 109 Å². The molecule has 1 aromatic heterocycles. The number of nitrogens with zero attached hydrogens (tertiary/aromatic N) is 3. The highest BCUT2D eigenvalue weighted by Gasteiger charge is 2.34. The highest BCUT2D eigenvalue weighted by molar-refractivity contribution is 6.04. The van der Waals surface area contributed by atoms with Crippen LogP contribution in [0.25, 0.3) is 22.2 Å². The number of carbonyl (C=O) groups is 4. The lowest BCUT2D eigenvalue weighted by Crippen LogP contribution is -2.34. The predicted octanol–water partition coefficient (Wildman–Crippen LogP) is 7.76. The molecular formula is C49H68N6O10. The molecule has 1 unspecified atom stereocenters. The first-order valence-electron chi connectivity index (χ1n) is 22.4. The molecule has 5 rings (SSSR count). The number of carbonyl (C=O) groups excluding carboxylic acids is 4. The summed E-state index contributed by atoms with van der Waals surface area (Å²) in [6.07, 6.45) is 2.37. The molecule has 1 heterocycles. The van der Waals surface area contributed by atoms with E-state index in [0.29, 0.717) is 73.4 Å². The molecule has 1 aliphatic carbocycles. The average molecular weight is 901 g/mol. The van der Waals surface area contributed by atoms with Crippen molar-refractivity contribution in [3.05, 3.63) is 77.4 Å². The van der Waals surface area contributed by atoms with Gasteiger partial charge in [-0.25, -0.2) is 4.79 Å². The van der Waals surface area contributed by atoms with E-state index < -0.39 is 23.3 Å². The Bertz CT molecular complexity index is 2270. The minimum absolute atomic E-state index is 0.126. The van der Waals surface area contributed by atoms with Gasteiger partial charge < -0.3 is 39.6 Å². The molecule has 0 bridgehead atoms. The minimum Gasteiger partial charge on any atom is -0.432 e. The van der Waals surface area contributed by atoms with Crippen molar-refractivity contribution in [1.29, 1.82) is 0 Å². The van der Waals surface area contributed by atoms with E-state index in [1.807, 2.05) is 73.6 Å². The number of hydrogen-bond acceptors (Lipinski definition) is 12. The smallest absolute Gasteiger partial charge is 0.432 e. The van der Waals surface area contributed by atoms with Gasteiger partial charge in [0.2, 0.25) is 11.8 Å². The summed E-state index contributed by atoms with van der Waals surface area (Å²) < 4.78 is 28.9. The molecule has 3 aromatic carbocycles. The lowest BCUT2D eigenvalue weighted by Gasteiger charge is -2.29. The van der Waals surface area contributed by atoms with Crippen LogP contribution in [0.3, 0.4) is 0 Å². The Hall–Kier alpha value is -5.42. The molecule has 0 saturated carbocycles. The number of amides is 3. The van der Waals surface area contributed by atoms with Crippen LogP contribution in [-0.2, 0) is 33.3 Å². The maximum Gasteiger partial charge on any atom is 0.535 e.